The Morgan fingerprint density at radius 1 is 1.15 bits per heavy atom. The molecule has 0 saturated heterocycles. The van der Waals surface area contributed by atoms with E-state index < -0.39 is 6.04 Å². The first kappa shape index (κ1) is 23.5. The molecular formula is C26H28ClN3O2S. The summed E-state index contributed by atoms with van der Waals surface area (Å²) in [5.74, 6) is 0.125. The van der Waals surface area contributed by atoms with Gasteiger partial charge in [0.15, 0.2) is 0 Å². The Balaban J connectivity index is 1.49. The minimum Gasteiger partial charge on any atom is -0.348 e. The normalized spacial score (nSPS) is 15.4. The van der Waals surface area contributed by atoms with E-state index in [0.717, 1.165) is 32.3 Å². The Labute approximate surface area is 203 Å². The molecule has 4 rings (SSSR count). The van der Waals surface area contributed by atoms with Gasteiger partial charge in [0.2, 0.25) is 11.8 Å². The Morgan fingerprint density at radius 2 is 1.85 bits per heavy atom. The monoisotopic (exact) mass is 481 g/mol. The zero-order chi connectivity index (χ0) is 23.5. The van der Waals surface area contributed by atoms with Crippen molar-refractivity contribution >= 4 is 34.8 Å². The Kier molecular flexibility index (Phi) is 7.15. The maximum atomic E-state index is 13.2. The Bertz CT molecular complexity index is 1160. The lowest BCUT2D eigenvalue weighted by Crippen LogP contribution is -2.52. The summed E-state index contributed by atoms with van der Waals surface area (Å²) in [6.07, 6.45) is 0.959. The van der Waals surface area contributed by atoms with Gasteiger partial charge in [0.1, 0.15) is 11.0 Å². The summed E-state index contributed by atoms with van der Waals surface area (Å²) in [5.41, 5.74) is 4.14. The van der Waals surface area contributed by atoms with Gasteiger partial charge in [0.25, 0.3) is 0 Å². The molecule has 1 aliphatic rings. The largest absolute Gasteiger partial charge is 0.348 e. The number of hydrogen-bond acceptors (Lipinski definition) is 4. The molecule has 3 aromatic rings. The topological polar surface area (TPSA) is 62.3 Å². The average Bonchev–Trinajstić information content (AvgIpc) is 3.17. The summed E-state index contributed by atoms with van der Waals surface area (Å²) in [6, 6.07) is 15.1. The lowest BCUT2D eigenvalue weighted by Gasteiger charge is -2.36. The van der Waals surface area contributed by atoms with Gasteiger partial charge in [-0.25, -0.2) is 4.98 Å². The molecule has 0 bridgehead atoms. The number of hydrogen-bond donors (Lipinski definition) is 1. The van der Waals surface area contributed by atoms with E-state index >= 15 is 0 Å². The number of carbonyl (C=O) groups excluding carboxylic acids is 2. The maximum absolute atomic E-state index is 13.2. The van der Waals surface area contributed by atoms with Crippen molar-refractivity contribution in [2.24, 2.45) is 5.92 Å². The summed E-state index contributed by atoms with van der Waals surface area (Å²) < 4.78 is 0. The van der Waals surface area contributed by atoms with Crippen LogP contribution in [0.5, 0.6) is 0 Å². The summed E-state index contributed by atoms with van der Waals surface area (Å²) in [5, 5.41) is 4.55. The van der Waals surface area contributed by atoms with Crippen LogP contribution in [0.25, 0.3) is 11.3 Å². The first-order valence-corrected chi connectivity index (χ1v) is 12.4. The van der Waals surface area contributed by atoms with E-state index in [-0.39, 0.29) is 17.7 Å². The van der Waals surface area contributed by atoms with Crippen molar-refractivity contribution in [3.05, 3.63) is 74.6 Å². The first-order valence-electron chi connectivity index (χ1n) is 11.2. The average molecular weight is 482 g/mol. The fraction of sp³-hybridized carbons (Fsp3) is 0.346. The van der Waals surface area contributed by atoms with E-state index in [9.17, 15) is 9.59 Å². The van der Waals surface area contributed by atoms with Crippen molar-refractivity contribution in [1.29, 1.82) is 0 Å². The minimum atomic E-state index is -0.511. The second-order valence-electron chi connectivity index (χ2n) is 8.85. The van der Waals surface area contributed by atoms with Crippen LogP contribution in [0.2, 0.25) is 5.02 Å². The van der Waals surface area contributed by atoms with Crippen LogP contribution in [0, 0.1) is 12.8 Å². The Hall–Kier alpha value is -2.70. The number of fused-ring (bicyclic) bond motifs is 1. The Morgan fingerprint density at radius 3 is 2.55 bits per heavy atom. The smallest absolute Gasteiger partial charge is 0.243 e. The molecule has 0 radical (unpaired) electrons. The highest BCUT2D eigenvalue weighted by Gasteiger charge is 2.34. The maximum Gasteiger partial charge on any atom is 0.243 e. The summed E-state index contributed by atoms with van der Waals surface area (Å²) in [6.45, 7) is 6.87. The van der Waals surface area contributed by atoms with Crippen molar-refractivity contribution in [2.75, 3.05) is 0 Å². The number of thiazole rings is 1. The van der Waals surface area contributed by atoms with Gasteiger partial charge in [0, 0.05) is 34.8 Å². The first-order chi connectivity index (χ1) is 15.8. The minimum absolute atomic E-state index is 0.0229. The second-order valence-corrected chi connectivity index (χ2v) is 10.6. The van der Waals surface area contributed by atoms with E-state index in [2.05, 4.69) is 5.32 Å². The van der Waals surface area contributed by atoms with E-state index in [4.69, 9.17) is 16.6 Å². The van der Waals surface area contributed by atoms with Gasteiger partial charge in [0.05, 0.1) is 12.2 Å². The van der Waals surface area contributed by atoms with Crippen LogP contribution in [0.4, 0.5) is 0 Å². The zero-order valence-corrected chi connectivity index (χ0v) is 20.7. The highest BCUT2D eigenvalue weighted by atomic mass is 35.5. The molecular weight excluding hydrogens is 454 g/mol. The molecule has 1 aromatic heterocycles. The number of nitrogens with zero attached hydrogens (tertiary/aromatic N) is 2. The summed E-state index contributed by atoms with van der Waals surface area (Å²) in [4.78, 5) is 33.8. The van der Waals surface area contributed by atoms with Crippen molar-refractivity contribution in [3.8, 4) is 11.3 Å². The molecule has 0 saturated carbocycles. The van der Waals surface area contributed by atoms with Crippen LogP contribution in [0.3, 0.4) is 0 Å². The third kappa shape index (κ3) is 5.45. The number of nitrogens with one attached hydrogen (secondary N) is 1. The van der Waals surface area contributed by atoms with E-state index in [0.29, 0.717) is 31.0 Å². The quantitative estimate of drug-likeness (QED) is 0.513. The van der Waals surface area contributed by atoms with Crippen LogP contribution >= 0.6 is 22.9 Å². The number of halogens is 1. The van der Waals surface area contributed by atoms with Gasteiger partial charge in [-0.15, -0.1) is 11.3 Å². The van der Waals surface area contributed by atoms with Gasteiger partial charge in [-0.2, -0.15) is 0 Å². The standard InChI is InChI=1S/C26H28ClN3O2S/c1-16(2)12-24(31)30-15-20-7-5-4-6-19(20)13-22(30)26(32)28-14-23-29-25(17(3)33-23)18-8-10-21(27)11-9-18/h4-11,16,22H,12-15H2,1-3H3,(H,28,32). The van der Waals surface area contributed by atoms with E-state index in [1.165, 1.54) is 0 Å². The number of rotatable bonds is 6. The third-order valence-electron chi connectivity index (χ3n) is 5.83. The molecule has 33 heavy (non-hydrogen) atoms. The SMILES string of the molecule is Cc1sc(CNC(=O)C2Cc3ccccc3CN2C(=O)CC(C)C)nc1-c1ccc(Cl)cc1. The molecule has 2 amide bonds. The lowest BCUT2D eigenvalue weighted by molar-refractivity contribution is -0.142. The second kappa shape index (κ2) is 10.1. The molecule has 1 atom stereocenters. The predicted molar refractivity (Wildman–Crippen MR) is 133 cm³/mol. The molecule has 1 N–H and O–H groups in total. The molecule has 0 aliphatic carbocycles. The van der Waals surface area contributed by atoms with Crippen molar-refractivity contribution in [3.63, 3.8) is 0 Å². The molecule has 1 unspecified atom stereocenters. The van der Waals surface area contributed by atoms with Gasteiger partial charge < -0.3 is 10.2 Å². The summed E-state index contributed by atoms with van der Waals surface area (Å²) >= 11 is 7.57. The van der Waals surface area contributed by atoms with E-state index in [1.807, 2.05) is 69.3 Å². The molecule has 172 valence electrons. The molecule has 1 aliphatic heterocycles. The van der Waals surface area contributed by atoms with Crippen molar-refractivity contribution in [2.45, 2.75) is 52.7 Å². The number of aromatic nitrogens is 1. The van der Waals surface area contributed by atoms with Gasteiger partial charge in [-0.05, 0) is 36.1 Å². The molecule has 0 fully saturated rings. The van der Waals surface area contributed by atoms with Crippen LogP contribution in [-0.4, -0.2) is 27.7 Å². The molecule has 5 nitrogen and oxygen atoms in total. The number of carbonyl (C=O) groups is 2. The van der Waals surface area contributed by atoms with Crippen LogP contribution in [0.1, 0.15) is 41.3 Å². The summed E-state index contributed by atoms with van der Waals surface area (Å²) in [7, 11) is 0. The van der Waals surface area contributed by atoms with Crippen LogP contribution in [-0.2, 0) is 29.1 Å². The number of benzene rings is 2. The van der Waals surface area contributed by atoms with Gasteiger partial charge in [-0.1, -0.05) is 61.8 Å². The molecule has 0 spiro atoms. The zero-order valence-electron chi connectivity index (χ0n) is 19.1. The van der Waals surface area contributed by atoms with Crippen LogP contribution in [0.15, 0.2) is 48.5 Å². The van der Waals surface area contributed by atoms with Crippen molar-refractivity contribution in [1.82, 2.24) is 15.2 Å². The highest BCUT2D eigenvalue weighted by Crippen LogP contribution is 2.29. The van der Waals surface area contributed by atoms with Gasteiger partial charge >= 0.3 is 0 Å². The highest BCUT2D eigenvalue weighted by molar-refractivity contribution is 7.12. The predicted octanol–water partition coefficient (Wildman–Crippen LogP) is 5.39. The molecule has 2 heterocycles. The molecule has 7 heteroatoms. The lowest BCUT2D eigenvalue weighted by atomic mass is 9.92. The van der Waals surface area contributed by atoms with E-state index in [1.54, 1.807) is 16.2 Å². The van der Waals surface area contributed by atoms with Gasteiger partial charge in [-0.3, -0.25) is 9.59 Å². The molecule has 2 aromatic carbocycles. The van der Waals surface area contributed by atoms with Crippen LogP contribution < -0.4 is 5.32 Å². The number of aryl methyl sites for hydroxylation is 1. The third-order valence-corrected chi connectivity index (χ3v) is 7.05. The van der Waals surface area contributed by atoms with Crippen molar-refractivity contribution < 1.29 is 9.59 Å². The fourth-order valence-electron chi connectivity index (χ4n) is 4.17. The fourth-order valence-corrected chi connectivity index (χ4v) is 5.19. The number of amides is 2.